The second-order valence-electron chi connectivity index (χ2n) is 5.25. The molecule has 0 radical (unpaired) electrons. The summed E-state index contributed by atoms with van der Waals surface area (Å²) in [6, 6.07) is 9.84. The normalized spacial score (nSPS) is 12.5. The number of thiophene rings is 1. The Bertz CT molecular complexity index is 772. The minimum atomic E-state index is -0.539. The van der Waals surface area contributed by atoms with Crippen LogP contribution in [0.1, 0.15) is 22.1 Å². The van der Waals surface area contributed by atoms with Crippen LogP contribution in [0.25, 0.3) is 5.69 Å². The zero-order chi connectivity index (χ0) is 16.2. The van der Waals surface area contributed by atoms with Gasteiger partial charge in [-0.05, 0) is 36.2 Å². The first-order chi connectivity index (χ1) is 11.1. The van der Waals surface area contributed by atoms with E-state index in [-0.39, 0.29) is 0 Å². The SMILES string of the molecule is Cc1cc(CNCC(O)c2ccc(Cl)s2)ccc1-n1cncn1. The molecule has 2 heterocycles. The topological polar surface area (TPSA) is 63.0 Å². The number of rotatable bonds is 6. The minimum Gasteiger partial charge on any atom is -0.386 e. The van der Waals surface area contributed by atoms with E-state index >= 15 is 0 Å². The summed E-state index contributed by atoms with van der Waals surface area (Å²) >= 11 is 7.29. The van der Waals surface area contributed by atoms with E-state index in [1.54, 1.807) is 17.1 Å². The van der Waals surface area contributed by atoms with E-state index in [4.69, 9.17) is 11.6 Å². The zero-order valence-corrected chi connectivity index (χ0v) is 14.2. The molecule has 2 N–H and O–H groups in total. The maximum Gasteiger partial charge on any atom is 0.138 e. The van der Waals surface area contributed by atoms with E-state index in [2.05, 4.69) is 21.5 Å². The van der Waals surface area contributed by atoms with Crippen LogP contribution in [0.15, 0.2) is 43.0 Å². The zero-order valence-electron chi connectivity index (χ0n) is 12.6. The number of hydrogen-bond acceptors (Lipinski definition) is 5. The number of aromatic nitrogens is 3. The van der Waals surface area contributed by atoms with Crippen molar-refractivity contribution in [2.24, 2.45) is 0 Å². The monoisotopic (exact) mass is 348 g/mol. The minimum absolute atomic E-state index is 0.487. The lowest BCUT2D eigenvalue weighted by Crippen LogP contribution is -2.20. The van der Waals surface area contributed by atoms with Crippen LogP contribution in [0.4, 0.5) is 0 Å². The molecule has 0 aliphatic rings. The molecule has 120 valence electrons. The van der Waals surface area contributed by atoms with Crippen LogP contribution >= 0.6 is 22.9 Å². The first kappa shape index (κ1) is 16.1. The summed E-state index contributed by atoms with van der Waals surface area (Å²) in [6.45, 7) is 3.22. The molecule has 1 aromatic carbocycles. The molecular formula is C16H17ClN4OS. The second-order valence-corrected chi connectivity index (χ2v) is 7.00. The molecule has 7 heteroatoms. The van der Waals surface area contributed by atoms with Crippen molar-refractivity contribution in [2.75, 3.05) is 6.54 Å². The third-order valence-corrected chi connectivity index (χ3v) is 4.85. The Labute approximate surface area is 143 Å². The van der Waals surface area contributed by atoms with Crippen molar-refractivity contribution in [3.63, 3.8) is 0 Å². The Morgan fingerprint density at radius 1 is 1.35 bits per heavy atom. The molecule has 23 heavy (non-hydrogen) atoms. The van der Waals surface area contributed by atoms with Crippen molar-refractivity contribution in [3.05, 3.63) is 63.3 Å². The van der Waals surface area contributed by atoms with Gasteiger partial charge in [-0.25, -0.2) is 9.67 Å². The van der Waals surface area contributed by atoms with Crippen LogP contribution in [-0.2, 0) is 6.54 Å². The molecule has 3 rings (SSSR count). The Morgan fingerprint density at radius 2 is 2.22 bits per heavy atom. The fraction of sp³-hybridized carbons (Fsp3) is 0.250. The molecule has 0 saturated carbocycles. The average molecular weight is 349 g/mol. The first-order valence-electron chi connectivity index (χ1n) is 7.22. The molecule has 1 unspecified atom stereocenters. The smallest absolute Gasteiger partial charge is 0.138 e. The lowest BCUT2D eigenvalue weighted by molar-refractivity contribution is 0.178. The van der Waals surface area contributed by atoms with Crippen molar-refractivity contribution in [3.8, 4) is 5.69 Å². The van der Waals surface area contributed by atoms with Crippen molar-refractivity contribution >= 4 is 22.9 Å². The number of nitrogens with one attached hydrogen (secondary N) is 1. The van der Waals surface area contributed by atoms with E-state index in [1.165, 1.54) is 17.7 Å². The highest BCUT2D eigenvalue weighted by Crippen LogP contribution is 2.26. The molecule has 0 aliphatic heterocycles. The van der Waals surface area contributed by atoms with E-state index in [1.807, 2.05) is 25.1 Å². The number of hydrogen-bond donors (Lipinski definition) is 2. The van der Waals surface area contributed by atoms with E-state index < -0.39 is 6.10 Å². The molecular weight excluding hydrogens is 332 g/mol. The van der Waals surface area contributed by atoms with Crippen LogP contribution in [0.5, 0.6) is 0 Å². The summed E-state index contributed by atoms with van der Waals surface area (Å²) in [5.41, 5.74) is 3.29. The summed E-state index contributed by atoms with van der Waals surface area (Å²) in [4.78, 5) is 4.84. The standard InChI is InChI=1S/C16H17ClN4OS/c1-11-6-12(2-3-13(11)21-10-19-9-20-21)7-18-8-14(22)15-4-5-16(17)23-15/h2-6,9-10,14,18,22H,7-8H2,1H3. The maximum absolute atomic E-state index is 10.1. The molecule has 0 fully saturated rings. The van der Waals surface area contributed by atoms with Crippen molar-refractivity contribution in [2.45, 2.75) is 19.6 Å². The molecule has 0 saturated heterocycles. The summed E-state index contributed by atoms with van der Waals surface area (Å²) < 4.78 is 2.44. The predicted octanol–water partition coefficient (Wildman–Crippen LogP) is 3.11. The number of benzene rings is 1. The van der Waals surface area contributed by atoms with E-state index in [0.717, 1.165) is 21.7 Å². The molecule has 0 bridgehead atoms. The largest absolute Gasteiger partial charge is 0.386 e. The van der Waals surface area contributed by atoms with Crippen LogP contribution < -0.4 is 5.32 Å². The number of aliphatic hydroxyl groups excluding tert-OH is 1. The van der Waals surface area contributed by atoms with Gasteiger partial charge in [0.05, 0.1) is 10.0 Å². The Kier molecular flexibility index (Phi) is 5.07. The number of halogens is 1. The molecule has 0 spiro atoms. The summed E-state index contributed by atoms with van der Waals surface area (Å²) in [5, 5.41) is 17.5. The Balaban J connectivity index is 1.57. The van der Waals surface area contributed by atoms with Gasteiger partial charge in [-0.1, -0.05) is 23.7 Å². The van der Waals surface area contributed by atoms with Gasteiger partial charge >= 0.3 is 0 Å². The van der Waals surface area contributed by atoms with Crippen LogP contribution in [0.3, 0.4) is 0 Å². The molecule has 3 aromatic rings. The van der Waals surface area contributed by atoms with Crippen LogP contribution in [0, 0.1) is 6.92 Å². The highest BCUT2D eigenvalue weighted by molar-refractivity contribution is 7.16. The maximum atomic E-state index is 10.1. The first-order valence-corrected chi connectivity index (χ1v) is 8.41. The highest BCUT2D eigenvalue weighted by Gasteiger charge is 2.10. The highest BCUT2D eigenvalue weighted by atomic mass is 35.5. The lowest BCUT2D eigenvalue weighted by Gasteiger charge is -2.12. The van der Waals surface area contributed by atoms with Gasteiger partial charge in [-0.15, -0.1) is 11.3 Å². The van der Waals surface area contributed by atoms with Crippen LogP contribution in [0.2, 0.25) is 4.34 Å². The van der Waals surface area contributed by atoms with Gasteiger partial charge < -0.3 is 10.4 Å². The Hall–Kier alpha value is -1.73. The lowest BCUT2D eigenvalue weighted by atomic mass is 10.1. The summed E-state index contributed by atoms with van der Waals surface area (Å²) in [5.74, 6) is 0. The third-order valence-electron chi connectivity index (χ3n) is 3.52. The van der Waals surface area contributed by atoms with Gasteiger partial charge in [0.25, 0.3) is 0 Å². The molecule has 0 aliphatic carbocycles. The quantitative estimate of drug-likeness (QED) is 0.718. The van der Waals surface area contributed by atoms with Crippen molar-refractivity contribution in [1.29, 1.82) is 0 Å². The fourth-order valence-electron chi connectivity index (χ4n) is 2.38. The number of aliphatic hydroxyl groups is 1. The molecule has 1 atom stereocenters. The van der Waals surface area contributed by atoms with Gasteiger partial charge in [0.15, 0.2) is 0 Å². The molecule has 5 nitrogen and oxygen atoms in total. The number of aryl methyl sites for hydroxylation is 1. The van der Waals surface area contributed by atoms with Gasteiger partial charge in [-0.3, -0.25) is 0 Å². The fourth-order valence-corrected chi connectivity index (χ4v) is 3.43. The average Bonchev–Trinajstić information content (AvgIpc) is 3.19. The van der Waals surface area contributed by atoms with Gasteiger partial charge in [-0.2, -0.15) is 5.10 Å². The summed E-state index contributed by atoms with van der Waals surface area (Å²) in [6.07, 6.45) is 2.67. The number of nitrogens with zero attached hydrogens (tertiary/aromatic N) is 3. The van der Waals surface area contributed by atoms with Crippen molar-refractivity contribution < 1.29 is 5.11 Å². The third kappa shape index (κ3) is 3.97. The van der Waals surface area contributed by atoms with Gasteiger partial charge in [0, 0.05) is 18.0 Å². The molecule has 0 amide bonds. The van der Waals surface area contributed by atoms with E-state index in [9.17, 15) is 5.11 Å². The summed E-state index contributed by atoms with van der Waals surface area (Å²) in [7, 11) is 0. The van der Waals surface area contributed by atoms with E-state index in [0.29, 0.717) is 17.4 Å². The van der Waals surface area contributed by atoms with Crippen LogP contribution in [-0.4, -0.2) is 26.4 Å². The van der Waals surface area contributed by atoms with Gasteiger partial charge in [0.1, 0.15) is 18.8 Å². The van der Waals surface area contributed by atoms with Gasteiger partial charge in [0.2, 0.25) is 0 Å². The predicted molar refractivity (Wildman–Crippen MR) is 92.1 cm³/mol. The Morgan fingerprint density at radius 3 is 2.87 bits per heavy atom. The molecule has 2 aromatic heterocycles. The second kappa shape index (κ2) is 7.23. The van der Waals surface area contributed by atoms with Crippen molar-refractivity contribution in [1.82, 2.24) is 20.1 Å².